The summed E-state index contributed by atoms with van der Waals surface area (Å²) in [7, 11) is 0. The molecule has 0 N–H and O–H groups in total. The van der Waals surface area contributed by atoms with Crippen LogP contribution in [0.3, 0.4) is 0 Å². The highest BCUT2D eigenvalue weighted by molar-refractivity contribution is 7.99. The normalized spacial score (nSPS) is 15.0. The van der Waals surface area contributed by atoms with E-state index in [9.17, 15) is 9.18 Å². The Morgan fingerprint density at radius 3 is 2.91 bits per heavy atom. The first-order valence-electron chi connectivity index (χ1n) is 6.87. The second-order valence-corrected chi connectivity index (χ2v) is 6.10. The van der Waals surface area contributed by atoms with Gasteiger partial charge in [-0.25, -0.2) is 4.39 Å². The summed E-state index contributed by atoms with van der Waals surface area (Å²) >= 11 is 6.99. The van der Waals surface area contributed by atoms with Gasteiger partial charge in [-0.15, -0.1) is 5.10 Å². The summed E-state index contributed by atoms with van der Waals surface area (Å²) in [5, 5.41) is 11.8. The van der Waals surface area contributed by atoms with E-state index in [1.54, 1.807) is 4.90 Å². The van der Waals surface area contributed by atoms with Crippen LogP contribution in [-0.4, -0.2) is 63.1 Å². The summed E-state index contributed by atoms with van der Waals surface area (Å²) in [6.07, 6.45) is 0. The maximum Gasteiger partial charge on any atom is 0.233 e. The van der Waals surface area contributed by atoms with Crippen molar-refractivity contribution in [1.29, 1.82) is 0 Å². The van der Waals surface area contributed by atoms with Crippen LogP contribution in [0.15, 0.2) is 23.4 Å². The fraction of sp³-hybridized carbons (Fsp3) is 0.385. The Morgan fingerprint density at radius 2 is 2.17 bits per heavy atom. The van der Waals surface area contributed by atoms with Crippen LogP contribution in [0.4, 0.5) is 4.39 Å². The Balaban J connectivity index is 1.68. The summed E-state index contributed by atoms with van der Waals surface area (Å²) in [6.45, 7) is 2.31. The summed E-state index contributed by atoms with van der Waals surface area (Å²) in [5.41, 5.74) is 0.530. The van der Waals surface area contributed by atoms with E-state index in [0.29, 0.717) is 37.1 Å². The highest BCUT2D eigenvalue weighted by Gasteiger charge is 2.19. The minimum atomic E-state index is -0.514. The first-order chi connectivity index (χ1) is 11.1. The number of tetrazole rings is 1. The molecule has 1 aliphatic rings. The third kappa shape index (κ3) is 3.80. The van der Waals surface area contributed by atoms with E-state index in [1.807, 2.05) is 0 Å². The number of ether oxygens (including phenoxy) is 1. The predicted molar refractivity (Wildman–Crippen MR) is 82.2 cm³/mol. The Morgan fingerprint density at radius 1 is 1.39 bits per heavy atom. The van der Waals surface area contributed by atoms with E-state index < -0.39 is 5.82 Å². The highest BCUT2D eigenvalue weighted by atomic mass is 35.5. The van der Waals surface area contributed by atoms with Gasteiger partial charge in [0, 0.05) is 13.1 Å². The Kier molecular flexibility index (Phi) is 5.09. The zero-order valence-electron chi connectivity index (χ0n) is 12.0. The van der Waals surface area contributed by atoms with Gasteiger partial charge in [0.25, 0.3) is 0 Å². The molecule has 10 heteroatoms. The van der Waals surface area contributed by atoms with E-state index in [2.05, 4.69) is 15.5 Å². The predicted octanol–water partition coefficient (Wildman–Crippen LogP) is 1.41. The fourth-order valence-corrected chi connectivity index (χ4v) is 3.05. The van der Waals surface area contributed by atoms with Crippen molar-refractivity contribution < 1.29 is 13.9 Å². The molecule has 0 atom stereocenters. The summed E-state index contributed by atoms with van der Waals surface area (Å²) in [4.78, 5) is 13.9. The lowest BCUT2D eigenvalue weighted by Crippen LogP contribution is -2.41. The van der Waals surface area contributed by atoms with Gasteiger partial charge in [-0.1, -0.05) is 23.4 Å². The minimum absolute atomic E-state index is 0.00462. The number of halogens is 2. The third-order valence-corrected chi connectivity index (χ3v) is 4.47. The SMILES string of the molecule is O=C(CSc1nnnn1-c1ccc(F)c(Cl)c1)N1CCOCC1. The summed E-state index contributed by atoms with van der Waals surface area (Å²) in [6, 6.07) is 4.19. The van der Waals surface area contributed by atoms with Gasteiger partial charge < -0.3 is 9.64 Å². The molecular weight excluding hydrogens is 345 g/mol. The molecule has 1 saturated heterocycles. The van der Waals surface area contributed by atoms with Gasteiger partial charge in [-0.05, 0) is 28.6 Å². The molecule has 3 rings (SSSR count). The Bertz CT molecular complexity index is 707. The molecule has 122 valence electrons. The number of morpholine rings is 1. The topological polar surface area (TPSA) is 73.1 Å². The van der Waals surface area contributed by atoms with Gasteiger partial charge in [0.15, 0.2) is 0 Å². The standard InChI is InChI=1S/C13H13ClFN5O2S/c14-10-7-9(1-2-11(10)15)20-13(16-17-18-20)23-8-12(21)19-3-5-22-6-4-19/h1-2,7H,3-6,8H2. The molecule has 0 aliphatic carbocycles. The lowest BCUT2D eigenvalue weighted by Gasteiger charge is -2.26. The van der Waals surface area contributed by atoms with E-state index in [4.69, 9.17) is 16.3 Å². The average Bonchev–Trinajstić information content (AvgIpc) is 3.04. The third-order valence-electron chi connectivity index (χ3n) is 3.28. The van der Waals surface area contributed by atoms with Crippen LogP contribution in [0.25, 0.3) is 5.69 Å². The van der Waals surface area contributed by atoms with Crippen LogP contribution in [0.2, 0.25) is 5.02 Å². The average molecular weight is 358 g/mol. The molecule has 2 aromatic rings. The van der Waals surface area contributed by atoms with Crippen molar-refractivity contribution in [1.82, 2.24) is 25.1 Å². The molecule has 0 spiro atoms. The molecule has 0 saturated carbocycles. The molecule has 7 nitrogen and oxygen atoms in total. The Hall–Kier alpha value is -1.71. The van der Waals surface area contributed by atoms with Crippen molar-refractivity contribution in [3.05, 3.63) is 29.0 Å². The number of benzene rings is 1. The second-order valence-electron chi connectivity index (χ2n) is 4.75. The van der Waals surface area contributed by atoms with Crippen LogP contribution in [-0.2, 0) is 9.53 Å². The van der Waals surface area contributed by atoms with Gasteiger partial charge in [0.05, 0.1) is 29.7 Å². The number of carbonyl (C=O) groups excluding carboxylic acids is 1. The molecule has 0 radical (unpaired) electrons. The quantitative estimate of drug-likeness (QED) is 0.770. The smallest absolute Gasteiger partial charge is 0.233 e. The van der Waals surface area contributed by atoms with Crippen LogP contribution in [0.5, 0.6) is 0 Å². The Labute approximate surface area is 140 Å². The summed E-state index contributed by atoms with van der Waals surface area (Å²) in [5.74, 6) is -0.292. The second kappa shape index (κ2) is 7.24. The first-order valence-corrected chi connectivity index (χ1v) is 8.23. The van der Waals surface area contributed by atoms with Gasteiger partial charge in [0.2, 0.25) is 11.1 Å². The number of amides is 1. The van der Waals surface area contributed by atoms with Crippen molar-refractivity contribution >= 4 is 29.3 Å². The fourth-order valence-electron chi connectivity index (χ4n) is 2.08. The molecule has 23 heavy (non-hydrogen) atoms. The van der Waals surface area contributed by atoms with Crippen molar-refractivity contribution in [2.75, 3.05) is 32.1 Å². The molecule has 1 aromatic heterocycles. The largest absolute Gasteiger partial charge is 0.378 e. The van der Waals surface area contributed by atoms with Crippen LogP contribution >= 0.6 is 23.4 Å². The van der Waals surface area contributed by atoms with Crippen molar-refractivity contribution in [2.24, 2.45) is 0 Å². The molecule has 0 unspecified atom stereocenters. The number of hydrogen-bond donors (Lipinski definition) is 0. The van der Waals surface area contributed by atoms with Crippen molar-refractivity contribution in [2.45, 2.75) is 5.16 Å². The van der Waals surface area contributed by atoms with Gasteiger partial charge in [-0.2, -0.15) is 4.68 Å². The highest BCUT2D eigenvalue weighted by Crippen LogP contribution is 2.22. The van der Waals surface area contributed by atoms with Gasteiger partial charge >= 0.3 is 0 Å². The number of thioether (sulfide) groups is 1. The molecule has 1 fully saturated rings. The maximum absolute atomic E-state index is 13.2. The molecule has 2 heterocycles. The molecule has 1 aromatic carbocycles. The van der Waals surface area contributed by atoms with E-state index in [0.717, 1.165) is 0 Å². The van der Waals surface area contributed by atoms with Crippen LogP contribution in [0.1, 0.15) is 0 Å². The number of hydrogen-bond acceptors (Lipinski definition) is 6. The van der Waals surface area contributed by atoms with Gasteiger partial charge in [0.1, 0.15) is 5.82 Å². The number of aromatic nitrogens is 4. The van der Waals surface area contributed by atoms with Crippen LogP contribution in [0, 0.1) is 5.82 Å². The zero-order valence-corrected chi connectivity index (χ0v) is 13.6. The lowest BCUT2D eigenvalue weighted by atomic mass is 10.3. The minimum Gasteiger partial charge on any atom is -0.378 e. The van der Waals surface area contributed by atoms with E-state index in [-0.39, 0.29) is 16.7 Å². The first kappa shape index (κ1) is 16.2. The molecular formula is C13H13ClFN5O2S. The molecule has 1 amide bonds. The number of nitrogens with zero attached hydrogens (tertiary/aromatic N) is 5. The van der Waals surface area contributed by atoms with Crippen molar-refractivity contribution in [3.8, 4) is 5.69 Å². The van der Waals surface area contributed by atoms with E-state index >= 15 is 0 Å². The molecule has 0 bridgehead atoms. The monoisotopic (exact) mass is 357 g/mol. The van der Waals surface area contributed by atoms with E-state index in [1.165, 1.54) is 34.6 Å². The number of carbonyl (C=O) groups is 1. The van der Waals surface area contributed by atoms with Crippen molar-refractivity contribution in [3.63, 3.8) is 0 Å². The molecule has 1 aliphatic heterocycles. The van der Waals surface area contributed by atoms with Crippen LogP contribution < -0.4 is 0 Å². The van der Waals surface area contributed by atoms with Gasteiger partial charge in [-0.3, -0.25) is 4.79 Å². The maximum atomic E-state index is 13.2. The summed E-state index contributed by atoms with van der Waals surface area (Å²) < 4.78 is 19.9. The lowest BCUT2D eigenvalue weighted by molar-refractivity contribution is -0.132. The number of rotatable bonds is 4. The zero-order chi connectivity index (χ0) is 16.2.